The van der Waals surface area contributed by atoms with E-state index >= 15 is 0 Å². The molecule has 0 atom stereocenters. The maximum Gasteiger partial charge on any atom is 0.137 e. The van der Waals surface area contributed by atoms with Crippen molar-refractivity contribution in [2.24, 2.45) is 0 Å². The monoisotopic (exact) mass is 841 g/mol. The number of fused-ring (bicyclic) bond motifs is 16. The summed E-state index contributed by atoms with van der Waals surface area (Å²) in [7, 11) is 0. The van der Waals surface area contributed by atoms with E-state index in [2.05, 4.69) is 243 Å². The first-order chi connectivity index (χ1) is 32.5. The highest BCUT2D eigenvalue weighted by Gasteiger charge is 2.52. The normalized spacial score (nSPS) is 14.2. The van der Waals surface area contributed by atoms with E-state index in [1.807, 2.05) is 0 Å². The Kier molecular flexibility index (Phi) is 7.70. The molecule has 66 heavy (non-hydrogen) atoms. The Bertz CT molecular complexity index is 3750. The van der Waals surface area contributed by atoms with Gasteiger partial charge < -0.3 is 9.32 Å². The molecule has 1 heterocycles. The maximum absolute atomic E-state index is 6.60. The SMILES string of the molecule is CC1(C)c2ccccc2-c2c(-c3ccc(N(c4cccc5c4-c4ccccc4C54c5ccccc5-c5ccccc54)c4cccc5oc6ccccc6c45)cc3)ccc(-c3ccccc3)c21. The van der Waals surface area contributed by atoms with Crippen molar-refractivity contribution in [3.63, 3.8) is 0 Å². The van der Waals surface area contributed by atoms with Gasteiger partial charge in [-0.2, -0.15) is 0 Å². The summed E-state index contributed by atoms with van der Waals surface area (Å²) in [4.78, 5) is 2.50. The molecule has 0 unspecified atom stereocenters. The summed E-state index contributed by atoms with van der Waals surface area (Å²) in [5, 5.41) is 2.20. The molecule has 0 saturated heterocycles. The van der Waals surface area contributed by atoms with Gasteiger partial charge in [0.2, 0.25) is 0 Å². The Morgan fingerprint density at radius 2 is 0.864 bits per heavy atom. The summed E-state index contributed by atoms with van der Waals surface area (Å²) >= 11 is 0. The summed E-state index contributed by atoms with van der Waals surface area (Å²) in [5.74, 6) is 0. The molecule has 1 aromatic heterocycles. The minimum Gasteiger partial charge on any atom is -0.456 e. The Hall–Kier alpha value is -8.20. The van der Waals surface area contributed by atoms with E-state index in [9.17, 15) is 0 Å². The number of hydrogen-bond donors (Lipinski definition) is 0. The van der Waals surface area contributed by atoms with Crippen molar-refractivity contribution in [3.05, 3.63) is 258 Å². The van der Waals surface area contributed by atoms with Gasteiger partial charge in [0.15, 0.2) is 0 Å². The van der Waals surface area contributed by atoms with Crippen LogP contribution in [0.3, 0.4) is 0 Å². The Morgan fingerprint density at radius 3 is 1.59 bits per heavy atom. The van der Waals surface area contributed by atoms with Crippen LogP contribution in [0.1, 0.15) is 47.2 Å². The van der Waals surface area contributed by atoms with E-state index in [0.29, 0.717) is 0 Å². The van der Waals surface area contributed by atoms with Gasteiger partial charge in [-0.1, -0.05) is 202 Å². The number of furan rings is 1. The number of anilines is 3. The van der Waals surface area contributed by atoms with E-state index in [0.717, 1.165) is 39.0 Å². The summed E-state index contributed by atoms with van der Waals surface area (Å²) < 4.78 is 6.60. The molecule has 3 aliphatic rings. The number of rotatable bonds is 5. The zero-order valence-corrected chi connectivity index (χ0v) is 36.7. The van der Waals surface area contributed by atoms with Gasteiger partial charge >= 0.3 is 0 Å². The lowest BCUT2D eigenvalue weighted by Gasteiger charge is -2.32. The fourth-order valence-corrected chi connectivity index (χ4v) is 12.5. The molecule has 2 nitrogen and oxygen atoms in total. The Morgan fingerprint density at radius 1 is 0.348 bits per heavy atom. The number of benzene rings is 10. The van der Waals surface area contributed by atoms with Crippen LogP contribution in [-0.2, 0) is 10.8 Å². The molecule has 0 saturated carbocycles. The van der Waals surface area contributed by atoms with Crippen molar-refractivity contribution >= 4 is 39.0 Å². The number of para-hydroxylation sites is 1. The van der Waals surface area contributed by atoms with Crippen molar-refractivity contribution in [2.45, 2.75) is 24.7 Å². The molecule has 0 radical (unpaired) electrons. The third-order valence-electron chi connectivity index (χ3n) is 15.1. The Labute approximate surface area is 384 Å². The van der Waals surface area contributed by atoms with E-state index < -0.39 is 5.41 Å². The molecule has 310 valence electrons. The topological polar surface area (TPSA) is 16.4 Å². The van der Waals surface area contributed by atoms with Crippen LogP contribution in [0.4, 0.5) is 17.1 Å². The minimum atomic E-state index is -0.463. The van der Waals surface area contributed by atoms with Crippen LogP contribution in [0.25, 0.3) is 77.6 Å². The third kappa shape index (κ3) is 4.85. The molecule has 1 spiro atoms. The van der Waals surface area contributed by atoms with Crippen molar-refractivity contribution in [1.29, 1.82) is 0 Å². The molecule has 0 aliphatic heterocycles. The zero-order chi connectivity index (χ0) is 43.7. The third-order valence-corrected chi connectivity index (χ3v) is 15.1. The average Bonchev–Trinajstić information content (AvgIpc) is 4.07. The highest BCUT2D eigenvalue weighted by molar-refractivity contribution is 6.14. The fraction of sp³-hybridized carbons (Fsp3) is 0.0625. The van der Waals surface area contributed by atoms with Gasteiger partial charge in [-0.05, 0) is 120 Å². The van der Waals surface area contributed by atoms with Crippen LogP contribution in [-0.4, -0.2) is 0 Å². The van der Waals surface area contributed by atoms with Crippen LogP contribution in [0.15, 0.2) is 229 Å². The van der Waals surface area contributed by atoms with Gasteiger partial charge in [-0.3, -0.25) is 0 Å². The molecule has 0 bridgehead atoms. The molecular formula is C64H43NO. The fourth-order valence-electron chi connectivity index (χ4n) is 12.5. The molecule has 10 aromatic carbocycles. The van der Waals surface area contributed by atoms with Gasteiger partial charge in [0.25, 0.3) is 0 Å². The minimum absolute atomic E-state index is 0.169. The molecule has 3 aliphatic carbocycles. The molecule has 2 heteroatoms. The lowest BCUT2D eigenvalue weighted by Crippen LogP contribution is -2.26. The van der Waals surface area contributed by atoms with Gasteiger partial charge in [0.05, 0.1) is 22.2 Å². The van der Waals surface area contributed by atoms with Crippen molar-refractivity contribution < 1.29 is 4.42 Å². The molecule has 14 rings (SSSR count). The van der Waals surface area contributed by atoms with Crippen LogP contribution >= 0.6 is 0 Å². The summed E-state index contributed by atoms with van der Waals surface area (Å²) in [6.07, 6.45) is 0. The van der Waals surface area contributed by atoms with E-state index in [1.54, 1.807) is 0 Å². The second-order valence-electron chi connectivity index (χ2n) is 18.7. The van der Waals surface area contributed by atoms with Gasteiger partial charge in [-0.25, -0.2) is 0 Å². The molecule has 0 N–H and O–H groups in total. The Balaban J connectivity index is 1.02. The quantitative estimate of drug-likeness (QED) is 0.172. The van der Waals surface area contributed by atoms with Gasteiger partial charge in [0.1, 0.15) is 11.2 Å². The second-order valence-corrected chi connectivity index (χ2v) is 18.7. The summed E-state index contributed by atoms with van der Waals surface area (Å²) in [6.45, 7) is 4.77. The molecule has 0 amide bonds. The highest BCUT2D eigenvalue weighted by atomic mass is 16.3. The summed E-state index contributed by atoms with van der Waals surface area (Å²) in [6, 6.07) is 83.1. The van der Waals surface area contributed by atoms with Crippen molar-refractivity contribution in [1.82, 2.24) is 0 Å². The molecule has 11 aromatic rings. The van der Waals surface area contributed by atoms with Crippen LogP contribution in [0, 0.1) is 0 Å². The van der Waals surface area contributed by atoms with E-state index in [-0.39, 0.29) is 5.41 Å². The first-order valence-electron chi connectivity index (χ1n) is 23.1. The largest absolute Gasteiger partial charge is 0.456 e. The lowest BCUT2D eigenvalue weighted by atomic mass is 9.70. The first kappa shape index (κ1) is 37.2. The van der Waals surface area contributed by atoms with Crippen LogP contribution in [0.2, 0.25) is 0 Å². The van der Waals surface area contributed by atoms with E-state index in [4.69, 9.17) is 4.42 Å². The van der Waals surface area contributed by atoms with Crippen molar-refractivity contribution in [3.8, 4) is 55.6 Å². The van der Waals surface area contributed by atoms with Crippen molar-refractivity contribution in [2.75, 3.05) is 4.90 Å². The van der Waals surface area contributed by atoms with Crippen LogP contribution < -0.4 is 4.90 Å². The van der Waals surface area contributed by atoms with Gasteiger partial charge in [0, 0.05) is 22.1 Å². The standard InChI is InChI=1S/C64H43NO/c1-63(2)50-25-11-8-22-47(50)59-43(38-39-44(62(59)63)40-18-4-3-5-19-40)41-34-36-42(37-35-41)65(56-31-17-33-58-61(56)49-24-10-15-32-57(49)66-58)55-30-16-29-54-60(55)48-23-9-14-28-53(48)64(54)51-26-12-6-20-45(51)46-21-7-13-27-52(46)64/h3-39H,1-2H3. The number of hydrogen-bond acceptors (Lipinski definition) is 2. The predicted molar refractivity (Wildman–Crippen MR) is 273 cm³/mol. The highest BCUT2D eigenvalue weighted by Crippen LogP contribution is 2.65. The number of nitrogens with zero attached hydrogens (tertiary/aromatic N) is 1. The predicted octanol–water partition coefficient (Wildman–Crippen LogP) is 17.0. The average molecular weight is 842 g/mol. The lowest BCUT2D eigenvalue weighted by molar-refractivity contribution is 0.662. The van der Waals surface area contributed by atoms with E-state index in [1.165, 1.54) is 89.0 Å². The maximum atomic E-state index is 6.60. The first-order valence-corrected chi connectivity index (χ1v) is 23.1. The summed E-state index contributed by atoms with van der Waals surface area (Å²) in [5.41, 5.74) is 25.2. The molecular weight excluding hydrogens is 799 g/mol. The second kappa shape index (κ2) is 13.7. The smallest absolute Gasteiger partial charge is 0.137 e. The molecule has 0 fully saturated rings. The van der Waals surface area contributed by atoms with Gasteiger partial charge in [-0.15, -0.1) is 0 Å². The van der Waals surface area contributed by atoms with Crippen LogP contribution in [0.5, 0.6) is 0 Å². The zero-order valence-electron chi connectivity index (χ0n) is 36.7.